The van der Waals surface area contributed by atoms with Crippen LogP contribution in [0.25, 0.3) is 22.0 Å². The first-order valence-electron chi connectivity index (χ1n) is 14.3. The molecule has 3 N–H and O–H groups in total. The maximum absolute atomic E-state index is 13.2. The van der Waals surface area contributed by atoms with Crippen LogP contribution in [0.2, 0.25) is 0 Å². The molecule has 1 aliphatic carbocycles. The minimum Gasteiger partial charge on any atom is -0.480 e. The van der Waals surface area contributed by atoms with Gasteiger partial charge in [0.15, 0.2) is 0 Å². The Labute approximate surface area is 260 Å². The van der Waals surface area contributed by atoms with E-state index >= 15 is 0 Å². The predicted octanol–water partition coefficient (Wildman–Crippen LogP) is 3.72. The van der Waals surface area contributed by atoms with Crippen molar-refractivity contribution in [3.05, 3.63) is 95.7 Å². The van der Waals surface area contributed by atoms with Gasteiger partial charge in [0.1, 0.15) is 18.4 Å². The van der Waals surface area contributed by atoms with E-state index in [1.807, 2.05) is 59.2 Å². The summed E-state index contributed by atoms with van der Waals surface area (Å²) in [7, 11) is -1.27. The lowest BCUT2D eigenvalue weighted by Gasteiger charge is -2.28. The van der Waals surface area contributed by atoms with E-state index in [1.165, 1.54) is 5.01 Å². The average molecular weight is 635 g/mol. The molecule has 236 valence electrons. The first-order chi connectivity index (χ1) is 21.4. The van der Waals surface area contributed by atoms with Gasteiger partial charge in [0, 0.05) is 44.2 Å². The lowest BCUT2D eigenvalue weighted by Crippen LogP contribution is -2.45. The Balaban J connectivity index is 1.25. The molecule has 0 bridgehead atoms. The van der Waals surface area contributed by atoms with Gasteiger partial charge < -0.3 is 19.7 Å². The molecule has 2 amide bonds. The van der Waals surface area contributed by atoms with Gasteiger partial charge in [-0.15, -0.1) is 0 Å². The molecule has 0 saturated heterocycles. The molecule has 12 nitrogen and oxygen atoms in total. The monoisotopic (exact) mass is 634 g/mol. The molecule has 0 fully saturated rings. The number of carbonyl (C=O) groups is 3. The summed E-state index contributed by atoms with van der Waals surface area (Å²) in [6, 6.07) is 23.9. The fourth-order valence-corrected chi connectivity index (χ4v) is 6.34. The quantitative estimate of drug-likeness (QED) is 0.156. The minimum atomic E-state index is -4.62. The van der Waals surface area contributed by atoms with Crippen LogP contribution in [-0.2, 0) is 37.5 Å². The van der Waals surface area contributed by atoms with Crippen LogP contribution in [0.15, 0.2) is 78.9 Å². The predicted molar refractivity (Wildman–Crippen MR) is 167 cm³/mol. The lowest BCUT2D eigenvalue weighted by molar-refractivity contribution is -0.141. The molecule has 0 radical (unpaired) electrons. The maximum atomic E-state index is 13.2. The highest BCUT2D eigenvalue weighted by atomic mass is 32.2. The van der Waals surface area contributed by atoms with Crippen molar-refractivity contribution in [2.75, 3.05) is 26.5 Å². The number of aryl methyl sites for hydroxylation is 1. The standard InChI is InChI=1S/C32H34N4O8S/c1-34(35(2)32(40)44-19-27-25-12-6-4-10-23(25)24-11-5-7-13-26(24)27)18-22-17-21-9-3-8-14-29(21)36(22)16-15-30(37)33-28(31(38)39)20-45(41,42)43/h3-14,17,27-28H,15-16,18-20H2,1-2H3,(H,33,37)(H,38,39)(H,41,42,43). The molecule has 4 aromatic rings. The molecule has 0 spiro atoms. The van der Waals surface area contributed by atoms with Crippen molar-refractivity contribution in [3.63, 3.8) is 0 Å². The smallest absolute Gasteiger partial charge is 0.424 e. The third-order valence-corrected chi connectivity index (χ3v) is 8.73. The van der Waals surface area contributed by atoms with Gasteiger partial charge in [-0.25, -0.2) is 19.6 Å². The Kier molecular flexibility index (Phi) is 9.23. The first-order valence-corrected chi connectivity index (χ1v) is 15.9. The highest BCUT2D eigenvalue weighted by molar-refractivity contribution is 7.85. The van der Waals surface area contributed by atoms with Crippen molar-refractivity contribution in [1.82, 2.24) is 19.9 Å². The number of hydrogen-bond acceptors (Lipinski definition) is 7. The highest BCUT2D eigenvalue weighted by Gasteiger charge is 2.30. The summed E-state index contributed by atoms with van der Waals surface area (Å²) in [6.45, 7) is 0.599. The van der Waals surface area contributed by atoms with Gasteiger partial charge in [0.25, 0.3) is 10.1 Å². The number of ether oxygens (including phenoxy) is 1. The van der Waals surface area contributed by atoms with E-state index in [0.29, 0.717) is 0 Å². The van der Waals surface area contributed by atoms with Gasteiger partial charge in [0.05, 0.1) is 6.54 Å². The topological polar surface area (TPSA) is 158 Å². The number of fused-ring (bicyclic) bond motifs is 4. The Bertz CT molecular complexity index is 1810. The Hall–Kier alpha value is -4.72. The maximum Gasteiger partial charge on any atom is 0.424 e. The Morgan fingerprint density at radius 2 is 1.56 bits per heavy atom. The number of hydrazine groups is 1. The number of nitrogens with zero attached hydrogens (tertiary/aromatic N) is 3. The second-order valence-electron chi connectivity index (χ2n) is 10.9. The van der Waals surface area contributed by atoms with Crippen LogP contribution in [0.1, 0.15) is 29.2 Å². The number of carboxylic acid groups (broad SMARTS) is 1. The van der Waals surface area contributed by atoms with Crippen LogP contribution in [0.3, 0.4) is 0 Å². The second kappa shape index (κ2) is 13.1. The molecule has 0 aliphatic heterocycles. The van der Waals surface area contributed by atoms with Crippen LogP contribution in [-0.4, -0.2) is 83.1 Å². The largest absolute Gasteiger partial charge is 0.480 e. The van der Waals surface area contributed by atoms with E-state index in [0.717, 1.165) is 38.9 Å². The van der Waals surface area contributed by atoms with Crippen molar-refractivity contribution in [1.29, 1.82) is 0 Å². The fraction of sp³-hybridized carbons (Fsp3) is 0.281. The molecule has 3 aromatic carbocycles. The van der Waals surface area contributed by atoms with E-state index in [2.05, 4.69) is 29.6 Å². The number of benzene rings is 3. The van der Waals surface area contributed by atoms with Gasteiger partial charge >= 0.3 is 12.1 Å². The van der Waals surface area contributed by atoms with Crippen molar-refractivity contribution < 1.29 is 37.2 Å². The van der Waals surface area contributed by atoms with Crippen LogP contribution in [0.4, 0.5) is 4.79 Å². The third-order valence-electron chi connectivity index (χ3n) is 7.97. The molecule has 1 atom stereocenters. The number of amides is 2. The fourth-order valence-electron chi connectivity index (χ4n) is 5.70. The molecule has 1 heterocycles. The van der Waals surface area contributed by atoms with Crippen molar-refractivity contribution in [3.8, 4) is 11.1 Å². The van der Waals surface area contributed by atoms with Gasteiger partial charge in [-0.2, -0.15) is 8.42 Å². The summed E-state index contributed by atoms with van der Waals surface area (Å²) in [4.78, 5) is 37.2. The van der Waals surface area contributed by atoms with E-state index in [-0.39, 0.29) is 32.0 Å². The number of aliphatic carboxylic acids is 1. The first kappa shape index (κ1) is 31.7. The lowest BCUT2D eigenvalue weighted by atomic mass is 9.98. The third kappa shape index (κ3) is 7.17. The van der Waals surface area contributed by atoms with Crippen molar-refractivity contribution in [2.45, 2.75) is 31.5 Å². The Morgan fingerprint density at radius 3 is 2.18 bits per heavy atom. The SMILES string of the molecule is CN(Cc1cc2ccccc2n1CCC(=O)NC(CS(=O)(=O)O)C(=O)O)N(C)C(=O)OCC1c2ccccc2-c2ccccc21. The molecule has 1 aliphatic rings. The van der Waals surface area contributed by atoms with E-state index in [9.17, 15) is 27.9 Å². The van der Waals surface area contributed by atoms with Crippen molar-refractivity contribution in [2.24, 2.45) is 0 Å². The summed E-state index contributed by atoms with van der Waals surface area (Å²) in [5, 5.41) is 15.4. The van der Waals surface area contributed by atoms with Gasteiger partial charge in [0.2, 0.25) is 5.91 Å². The second-order valence-corrected chi connectivity index (χ2v) is 12.4. The number of nitrogens with one attached hydrogen (secondary N) is 1. The summed E-state index contributed by atoms with van der Waals surface area (Å²) in [5.74, 6) is -3.49. The molecular formula is C32H34N4O8S. The van der Waals surface area contributed by atoms with Gasteiger partial charge in [-0.05, 0) is 39.8 Å². The van der Waals surface area contributed by atoms with Gasteiger partial charge in [-0.1, -0.05) is 66.7 Å². The molecular weight excluding hydrogens is 600 g/mol. The number of aromatic nitrogens is 1. The number of carboxylic acids is 1. The minimum absolute atomic E-state index is 0.0769. The van der Waals surface area contributed by atoms with E-state index in [1.54, 1.807) is 19.1 Å². The summed E-state index contributed by atoms with van der Waals surface area (Å²) >= 11 is 0. The molecule has 5 rings (SSSR count). The van der Waals surface area contributed by atoms with E-state index < -0.39 is 39.9 Å². The zero-order valence-corrected chi connectivity index (χ0v) is 25.6. The van der Waals surface area contributed by atoms with Crippen LogP contribution >= 0.6 is 0 Å². The van der Waals surface area contributed by atoms with Crippen molar-refractivity contribution >= 4 is 39.0 Å². The number of rotatable bonds is 12. The highest BCUT2D eigenvalue weighted by Crippen LogP contribution is 2.44. The molecule has 13 heteroatoms. The van der Waals surface area contributed by atoms with Crippen LogP contribution in [0, 0.1) is 0 Å². The summed E-state index contributed by atoms with van der Waals surface area (Å²) < 4.78 is 39.1. The van der Waals surface area contributed by atoms with E-state index in [4.69, 9.17) is 9.29 Å². The average Bonchev–Trinajstić information content (AvgIpc) is 3.52. The number of para-hydroxylation sites is 1. The molecule has 45 heavy (non-hydrogen) atoms. The molecule has 1 aromatic heterocycles. The van der Waals surface area contributed by atoms with Crippen LogP contribution in [0.5, 0.6) is 0 Å². The molecule has 0 saturated carbocycles. The molecule has 1 unspecified atom stereocenters. The Morgan fingerprint density at radius 1 is 0.956 bits per heavy atom. The number of hydrogen-bond donors (Lipinski definition) is 3. The normalized spacial score (nSPS) is 13.3. The number of carbonyl (C=O) groups excluding carboxylic acids is 2. The zero-order chi connectivity index (χ0) is 32.3. The zero-order valence-electron chi connectivity index (χ0n) is 24.8. The van der Waals surface area contributed by atoms with Crippen LogP contribution < -0.4 is 5.32 Å². The summed E-state index contributed by atoms with van der Waals surface area (Å²) in [5.41, 5.74) is 6.10. The summed E-state index contributed by atoms with van der Waals surface area (Å²) in [6.07, 6.45) is -0.688. The van der Waals surface area contributed by atoms with Gasteiger partial charge in [-0.3, -0.25) is 9.35 Å².